The maximum atomic E-state index is 5.63. The number of hydrogen-bond donors (Lipinski definition) is 1. The van der Waals surface area contributed by atoms with E-state index in [-0.39, 0.29) is 0 Å². The lowest BCUT2D eigenvalue weighted by molar-refractivity contribution is 0.695. The highest BCUT2D eigenvalue weighted by Crippen LogP contribution is 2.33. The summed E-state index contributed by atoms with van der Waals surface area (Å²) in [5, 5.41) is 0. The molecule has 1 aliphatic rings. The van der Waals surface area contributed by atoms with Crippen molar-refractivity contribution in [3.8, 4) is 0 Å². The summed E-state index contributed by atoms with van der Waals surface area (Å²) in [5.41, 5.74) is 7.23. The molecule has 13 heavy (non-hydrogen) atoms. The highest BCUT2D eigenvalue weighted by Gasteiger charge is 2.20. The van der Waals surface area contributed by atoms with Gasteiger partial charge in [0.1, 0.15) is 5.82 Å². The van der Waals surface area contributed by atoms with E-state index >= 15 is 0 Å². The molecule has 0 radical (unpaired) electrons. The van der Waals surface area contributed by atoms with Gasteiger partial charge in [0.25, 0.3) is 0 Å². The Hall–Kier alpha value is -1.12. The summed E-state index contributed by atoms with van der Waals surface area (Å²) in [6, 6.07) is 0. The molecular formula is C10H15N3. The number of nitrogens with zero attached hydrogens (tertiary/aromatic N) is 2. The van der Waals surface area contributed by atoms with Crippen LogP contribution in [0.15, 0.2) is 6.20 Å². The monoisotopic (exact) mass is 177 g/mol. The molecule has 1 saturated carbocycles. The number of hydrogen-bond acceptors (Lipinski definition) is 3. The Labute approximate surface area is 78.4 Å². The molecule has 0 bridgehead atoms. The summed E-state index contributed by atoms with van der Waals surface area (Å²) in [4.78, 5) is 8.54. The second-order valence-electron chi connectivity index (χ2n) is 3.81. The van der Waals surface area contributed by atoms with Crippen molar-refractivity contribution in [3.05, 3.63) is 17.7 Å². The SMILES string of the molecule is Cc1nc(CCC2CC2)ncc1N. The molecule has 0 atom stereocenters. The van der Waals surface area contributed by atoms with Gasteiger partial charge in [-0.1, -0.05) is 12.8 Å². The first-order chi connectivity index (χ1) is 6.25. The van der Waals surface area contributed by atoms with E-state index in [9.17, 15) is 0 Å². The van der Waals surface area contributed by atoms with Crippen molar-refractivity contribution in [2.45, 2.75) is 32.6 Å². The van der Waals surface area contributed by atoms with Crippen molar-refractivity contribution in [1.29, 1.82) is 0 Å². The van der Waals surface area contributed by atoms with Gasteiger partial charge in [-0.2, -0.15) is 0 Å². The highest BCUT2D eigenvalue weighted by molar-refractivity contribution is 5.38. The standard InChI is InChI=1S/C10H15N3/c1-7-9(11)6-12-10(13-7)5-4-8-2-3-8/h6,8H,2-5,11H2,1H3. The lowest BCUT2D eigenvalue weighted by Crippen LogP contribution is -2.01. The van der Waals surface area contributed by atoms with E-state index in [1.807, 2.05) is 6.92 Å². The van der Waals surface area contributed by atoms with E-state index < -0.39 is 0 Å². The Kier molecular flexibility index (Phi) is 2.17. The minimum absolute atomic E-state index is 0.690. The minimum Gasteiger partial charge on any atom is -0.396 e. The van der Waals surface area contributed by atoms with Crippen molar-refractivity contribution >= 4 is 5.69 Å². The summed E-state index contributed by atoms with van der Waals surface area (Å²) >= 11 is 0. The number of rotatable bonds is 3. The zero-order valence-corrected chi connectivity index (χ0v) is 7.95. The van der Waals surface area contributed by atoms with Crippen LogP contribution in [-0.2, 0) is 6.42 Å². The van der Waals surface area contributed by atoms with Crippen molar-refractivity contribution < 1.29 is 0 Å². The number of aryl methyl sites for hydroxylation is 2. The largest absolute Gasteiger partial charge is 0.396 e. The van der Waals surface area contributed by atoms with Crippen LogP contribution >= 0.6 is 0 Å². The van der Waals surface area contributed by atoms with Gasteiger partial charge in [-0.3, -0.25) is 0 Å². The Morgan fingerprint density at radius 1 is 1.54 bits per heavy atom. The molecule has 0 unspecified atom stereocenters. The number of nitrogen functional groups attached to an aromatic ring is 1. The average Bonchev–Trinajstić information content (AvgIpc) is 2.91. The quantitative estimate of drug-likeness (QED) is 0.764. The molecule has 1 aromatic heterocycles. The number of aromatic nitrogens is 2. The average molecular weight is 177 g/mol. The van der Waals surface area contributed by atoms with Crippen molar-refractivity contribution in [2.24, 2.45) is 5.92 Å². The van der Waals surface area contributed by atoms with Crippen LogP contribution in [0.4, 0.5) is 5.69 Å². The van der Waals surface area contributed by atoms with Crippen LogP contribution < -0.4 is 5.73 Å². The third-order valence-corrected chi connectivity index (χ3v) is 2.54. The summed E-state index contributed by atoms with van der Waals surface area (Å²) in [6.45, 7) is 1.93. The molecule has 1 aromatic rings. The van der Waals surface area contributed by atoms with E-state index in [1.165, 1.54) is 19.3 Å². The first-order valence-corrected chi connectivity index (χ1v) is 4.83. The van der Waals surface area contributed by atoms with Crippen molar-refractivity contribution in [3.63, 3.8) is 0 Å². The van der Waals surface area contributed by atoms with Crippen molar-refractivity contribution in [1.82, 2.24) is 9.97 Å². The molecule has 0 aliphatic heterocycles. The van der Waals surface area contributed by atoms with Gasteiger partial charge in [-0.05, 0) is 19.3 Å². The Morgan fingerprint density at radius 2 is 2.31 bits per heavy atom. The van der Waals surface area contributed by atoms with Crippen LogP contribution in [0.2, 0.25) is 0 Å². The third kappa shape index (κ3) is 2.17. The summed E-state index contributed by atoms with van der Waals surface area (Å²) in [5.74, 6) is 1.89. The van der Waals surface area contributed by atoms with Crippen LogP contribution in [-0.4, -0.2) is 9.97 Å². The van der Waals surface area contributed by atoms with Gasteiger partial charge < -0.3 is 5.73 Å². The fourth-order valence-corrected chi connectivity index (χ4v) is 1.38. The molecule has 1 fully saturated rings. The molecule has 70 valence electrons. The van der Waals surface area contributed by atoms with Gasteiger partial charge in [0.15, 0.2) is 0 Å². The van der Waals surface area contributed by atoms with E-state index in [1.54, 1.807) is 6.20 Å². The van der Waals surface area contributed by atoms with Gasteiger partial charge in [0.2, 0.25) is 0 Å². The van der Waals surface area contributed by atoms with Crippen LogP contribution in [0.25, 0.3) is 0 Å². The minimum atomic E-state index is 0.690. The maximum Gasteiger partial charge on any atom is 0.128 e. The van der Waals surface area contributed by atoms with Crippen LogP contribution in [0.1, 0.15) is 30.8 Å². The lowest BCUT2D eigenvalue weighted by atomic mass is 10.2. The number of nitrogens with two attached hydrogens (primary N) is 1. The molecule has 3 heteroatoms. The van der Waals surface area contributed by atoms with Crippen LogP contribution in [0.3, 0.4) is 0 Å². The zero-order valence-electron chi connectivity index (χ0n) is 7.95. The maximum absolute atomic E-state index is 5.63. The van der Waals surface area contributed by atoms with Gasteiger partial charge in [-0.15, -0.1) is 0 Å². The van der Waals surface area contributed by atoms with E-state index in [0.29, 0.717) is 5.69 Å². The molecule has 0 spiro atoms. The van der Waals surface area contributed by atoms with Gasteiger partial charge >= 0.3 is 0 Å². The van der Waals surface area contributed by atoms with Gasteiger partial charge in [0, 0.05) is 6.42 Å². The molecule has 0 aromatic carbocycles. The molecule has 0 saturated heterocycles. The Morgan fingerprint density at radius 3 is 2.92 bits per heavy atom. The van der Waals surface area contributed by atoms with E-state index in [4.69, 9.17) is 5.73 Å². The molecule has 2 rings (SSSR count). The second kappa shape index (κ2) is 3.32. The highest BCUT2D eigenvalue weighted by atomic mass is 14.9. The lowest BCUT2D eigenvalue weighted by Gasteiger charge is -2.02. The molecular weight excluding hydrogens is 162 g/mol. The fourth-order valence-electron chi connectivity index (χ4n) is 1.38. The summed E-state index contributed by atoms with van der Waals surface area (Å²) in [7, 11) is 0. The summed E-state index contributed by atoms with van der Waals surface area (Å²) in [6.07, 6.45) is 6.75. The van der Waals surface area contributed by atoms with Crippen LogP contribution in [0, 0.1) is 12.8 Å². The molecule has 3 nitrogen and oxygen atoms in total. The number of anilines is 1. The van der Waals surface area contributed by atoms with Crippen molar-refractivity contribution in [2.75, 3.05) is 5.73 Å². The zero-order chi connectivity index (χ0) is 9.26. The first kappa shape index (κ1) is 8.48. The molecule has 0 amide bonds. The topological polar surface area (TPSA) is 51.8 Å². The normalized spacial score (nSPS) is 16.1. The summed E-state index contributed by atoms with van der Waals surface area (Å²) < 4.78 is 0. The molecule has 1 heterocycles. The van der Waals surface area contributed by atoms with Gasteiger partial charge in [0.05, 0.1) is 17.6 Å². The second-order valence-corrected chi connectivity index (χ2v) is 3.81. The smallest absolute Gasteiger partial charge is 0.128 e. The fraction of sp³-hybridized carbons (Fsp3) is 0.600. The first-order valence-electron chi connectivity index (χ1n) is 4.83. The molecule has 1 aliphatic carbocycles. The van der Waals surface area contributed by atoms with E-state index in [0.717, 1.165) is 23.9 Å². The van der Waals surface area contributed by atoms with Gasteiger partial charge in [-0.25, -0.2) is 9.97 Å². The predicted octanol–water partition coefficient (Wildman–Crippen LogP) is 1.71. The van der Waals surface area contributed by atoms with E-state index in [2.05, 4.69) is 9.97 Å². The molecule has 2 N–H and O–H groups in total. The predicted molar refractivity (Wildman–Crippen MR) is 52.2 cm³/mol. The Bertz CT molecular complexity index is 305. The Balaban J connectivity index is 1.98. The van der Waals surface area contributed by atoms with Crippen LogP contribution in [0.5, 0.6) is 0 Å². The third-order valence-electron chi connectivity index (χ3n) is 2.54.